The molecule has 1 rings (SSSR count). The summed E-state index contributed by atoms with van der Waals surface area (Å²) in [6, 6.07) is 1.55. The van der Waals surface area contributed by atoms with Crippen LogP contribution in [0, 0.1) is 3.57 Å². The highest BCUT2D eigenvalue weighted by Crippen LogP contribution is 2.09. The molecule has 0 fully saturated rings. The van der Waals surface area contributed by atoms with Crippen LogP contribution in [-0.4, -0.2) is 17.5 Å². The van der Waals surface area contributed by atoms with Crippen LogP contribution < -0.4 is 11.0 Å². The first kappa shape index (κ1) is 13.9. The Kier molecular flexibility index (Phi) is 5.36. The molecular weight excluding hydrogens is 335 g/mol. The van der Waals surface area contributed by atoms with Gasteiger partial charge in [0.2, 0.25) is 0 Å². The SMILES string of the molecule is C=CCONC(=O)c1cc(I)c(CC)[nH]c1=O. The van der Waals surface area contributed by atoms with Gasteiger partial charge in [0.05, 0.1) is 6.61 Å². The second-order valence-corrected chi connectivity index (χ2v) is 4.39. The van der Waals surface area contributed by atoms with Crippen LogP contribution in [0.2, 0.25) is 0 Å². The number of hydrogen-bond acceptors (Lipinski definition) is 3. The Morgan fingerprint density at radius 1 is 1.71 bits per heavy atom. The van der Waals surface area contributed by atoms with Crippen LogP contribution in [0.5, 0.6) is 0 Å². The molecule has 0 aliphatic heterocycles. The van der Waals surface area contributed by atoms with Gasteiger partial charge in [0.1, 0.15) is 5.56 Å². The second kappa shape index (κ2) is 6.55. The maximum absolute atomic E-state index is 11.6. The van der Waals surface area contributed by atoms with Crippen LogP contribution in [0.25, 0.3) is 0 Å². The smallest absolute Gasteiger partial charge is 0.280 e. The number of carbonyl (C=O) groups is 1. The molecule has 1 amide bonds. The number of halogens is 1. The number of nitrogens with one attached hydrogen (secondary N) is 2. The number of aromatic amines is 1. The van der Waals surface area contributed by atoms with E-state index in [1.165, 1.54) is 6.08 Å². The number of aryl methyl sites for hydroxylation is 1. The van der Waals surface area contributed by atoms with Gasteiger partial charge >= 0.3 is 0 Å². The predicted octanol–water partition coefficient (Wildman–Crippen LogP) is 1.39. The molecule has 0 radical (unpaired) electrons. The van der Waals surface area contributed by atoms with Crippen molar-refractivity contribution in [3.63, 3.8) is 0 Å². The molecule has 2 N–H and O–H groups in total. The summed E-state index contributed by atoms with van der Waals surface area (Å²) in [6.07, 6.45) is 2.21. The van der Waals surface area contributed by atoms with Crippen LogP contribution in [0.1, 0.15) is 23.0 Å². The number of H-pyrrole nitrogens is 1. The highest BCUT2D eigenvalue weighted by atomic mass is 127. The first-order valence-electron chi connectivity index (χ1n) is 5.04. The van der Waals surface area contributed by atoms with Gasteiger partial charge in [-0.05, 0) is 35.1 Å². The van der Waals surface area contributed by atoms with E-state index in [0.717, 1.165) is 9.26 Å². The quantitative estimate of drug-likeness (QED) is 0.366. The van der Waals surface area contributed by atoms with E-state index in [-0.39, 0.29) is 12.2 Å². The maximum atomic E-state index is 11.6. The lowest BCUT2D eigenvalue weighted by Crippen LogP contribution is -2.30. The van der Waals surface area contributed by atoms with Gasteiger partial charge in [0.15, 0.2) is 0 Å². The molecule has 0 unspecified atom stereocenters. The third-order valence-corrected chi connectivity index (χ3v) is 3.00. The molecular formula is C11H13IN2O3. The first-order chi connectivity index (χ1) is 8.10. The van der Waals surface area contributed by atoms with Crippen molar-refractivity contribution in [3.05, 3.63) is 43.9 Å². The molecule has 0 aromatic carbocycles. The lowest BCUT2D eigenvalue weighted by Gasteiger charge is -2.06. The number of hydrogen-bond donors (Lipinski definition) is 2. The number of aromatic nitrogens is 1. The van der Waals surface area contributed by atoms with E-state index in [1.54, 1.807) is 6.07 Å². The van der Waals surface area contributed by atoms with Crippen molar-refractivity contribution < 1.29 is 9.63 Å². The molecule has 17 heavy (non-hydrogen) atoms. The second-order valence-electron chi connectivity index (χ2n) is 3.22. The standard InChI is InChI=1S/C11H13IN2O3/c1-3-5-17-14-11(16)7-6-8(12)9(4-2)13-10(7)15/h3,6H,1,4-5H2,2H3,(H,13,15)(H,14,16). The highest BCUT2D eigenvalue weighted by molar-refractivity contribution is 14.1. The van der Waals surface area contributed by atoms with E-state index in [2.05, 4.69) is 39.6 Å². The summed E-state index contributed by atoms with van der Waals surface area (Å²) in [7, 11) is 0. The Labute approximate surface area is 112 Å². The highest BCUT2D eigenvalue weighted by Gasteiger charge is 2.13. The molecule has 1 heterocycles. The molecule has 0 saturated heterocycles. The summed E-state index contributed by atoms with van der Waals surface area (Å²) in [5.41, 5.74) is 2.61. The molecule has 5 nitrogen and oxygen atoms in total. The van der Waals surface area contributed by atoms with Crippen LogP contribution in [-0.2, 0) is 11.3 Å². The lowest BCUT2D eigenvalue weighted by molar-refractivity contribution is 0.0420. The van der Waals surface area contributed by atoms with E-state index in [9.17, 15) is 9.59 Å². The summed E-state index contributed by atoms with van der Waals surface area (Å²) < 4.78 is 0.846. The largest absolute Gasteiger partial charge is 0.324 e. The Balaban J connectivity index is 2.91. The summed E-state index contributed by atoms with van der Waals surface area (Å²) in [5.74, 6) is -0.561. The van der Waals surface area contributed by atoms with Crippen LogP contribution in [0.15, 0.2) is 23.5 Å². The van der Waals surface area contributed by atoms with Gasteiger partial charge in [0.25, 0.3) is 11.5 Å². The fourth-order valence-electron chi connectivity index (χ4n) is 1.19. The number of amides is 1. The van der Waals surface area contributed by atoms with E-state index in [1.807, 2.05) is 6.92 Å². The average molecular weight is 348 g/mol. The van der Waals surface area contributed by atoms with Gasteiger partial charge in [-0.2, -0.15) is 0 Å². The Morgan fingerprint density at radius 3 is 3.00 bits per heavy atom. The molecule has 1 aromatic heterocycles. The summed E-state index contributed by atoms with van der Waals surface area (Å²) in [5, 5.41) is 0. The molecule has 1 aromatic rings. The van der Waals surface area contributed by atoms with Gasteiger partial charge in [-0.3, -0.25) is 14.4 Å². The molecule has 6 heteroatoms. The lowest BCUT2D eigenvalue weighted by atomic mass is 10.2. The average Bonchev–Trinajstić information content (AvgIpc) is 2.31. The van der Waals surface area contributed by atoms with E-state index >= 15 is 0 Å². The minimum atomic E-state index is -0.561. The fraction of sp³-hybridized carbons (Fsp3) is 0.273. The van der Waals surface area contributed by atoms with Crippen LogP contribution in [0.3, 0.4) is 0 Å². The van der Waals surface area contributed by atoms with Crippen molar-refractivity contribution in [3.8, 4) is 0 Å². The van der Waals surface area contributed by atoms with Crippen LogP contribution in [0.4, 0.5) is 0 Å². The van der Waals surface area contributed by atoms with Gasteiger partial charge in [-0.15, -0.1) is 6.58 Å². The fourth-order valence-corrected chi connectivity index (χ4v) is 2.02. The van der Waals surface area contributed by atoms with Gasteiger partial charge in [-0.25, -0.2) is 5.48 Å². The monoisotopic (exact) mass is 348 g/mol. The Hall–Kier alpha value is -1.15. The number of rotatable bonds is 5. The minimum absolute atomic E-state index is 0.0377. The third-order valence-electron chi connectivity index (χ3n) is 2.03. The Bertz CT molecular complexity index is 482. The van der Waals surface area contributed by atoms with Gasteiger partial charge < -0.3 is 4.98 Å². The normalized spacial score (nSPS) is 10.0. The predicted molar refractivity (Wildman–Crippen MR) is 72.8 cm³/mol. The van der Waals surface area contributed by atoms with E-state index in [4.69, 9.17) is 4.84 Å². The van der Waals surface area contributed by atoms with Crippen molar-refractivity contribution in [1.29, 1.82) is 0 Å². The summed E-state index contributed by atoms with van der Waals surface area (Å²) in [4.78, 5) is 30.7. The zero-order chi connectivity index (χ0) is 12.8. The van der Waals surface area contributed by atoms with Crippen molar-refractivity contribution >= 4 is 28.5 Å². The van der Waals surface area contributed by atoms with E-state index < -0.39 is 11.5 Å². The molecule has 0 bridgehead atoms. The third kappa shape index (κ3) is 3.67. The number of pyridine rings is 1. The Morgan fingerprint density at radius 2 is 2.41 bits per heavy atom. The molecule has 0 saturated carbocycles. The molecule has 92 valence electrons. The molecule has 0 aliphatic carbocycles. The topological polar surface area (TPSA) is 71.2 Å². The maximum Gasteiger partial charge on any atom is 0.280 e. The summed E-state index contributed by atoms with van der Waals surface area (Å²) >= 11 is 2.07. The van der Waals surface area contributed by atoms with Crippen molar-refractivity contribution in [1.82, 2.24) is 10.5 Å². The van der Waals surface area contributed by atoms with Gasteiger partial charge in [-0.1, -0.05) is 13.0 Å². The molecule has 0 atom stereocenters. The number of carbonyl (C=O) groups excluding carboxylic acids is 1. The summed E-state index contributed by atoms with van der Waals surface area (Å²) in [6.45, 7) is 5.56. The minimum Gasteiger partial charge on any atom is -0.324 e. The van der Waals surface area contributed by atoms with Crippen molar-refractivity contribution in [2.45, 2.75) is 13.3 Å². The van der Waals surface area contributed by atoms with E-state index in [0.29, 0.717) is 6.42 Å². The zero-order valence-electron chi connectivity index (χ0n) is 9.38. The van der Waals surface area contributed by atoms with Crippen molar-refractivity contribution in [2.24, 2.45) is 0 Å². The number of hydroxylamine groups is 1. The zero-order valence-corrected chi connectivity index (χ0v) is 11.5. The van der Waals surface area contributed by atoms with Gasteiger partial charge in [0, 0.05) is 9.26 Å². The molecule has 0 spiro atoms. The van der Waals surface area contributed by atoms with Crippen LogP contribution >= 0.6 is 22.6 Å². The molecule has 0 aliphatic rings. The van der Waals surface area contributed by atoms with Crippen molar-refractivity contribution in [2.75, 3.05) is 6.61 Å². The first-order valence-corrected chi connectivity index (χ1v) is 6.12.